The van der Waals surface area contributed by atoms with Gasteiger partial charge in [-0.25, -0.2) is 4.99 Å². The lowest BCUT2D eigenvalue weighted by molar-refractivity contribution is -0.113. The zero-order valence-corrected chi connectivity index (χ0v) is 29.3. The number of nitrogens with one attached hydrogen (secondary N) is 1. The van der Waals surface area contributed by atoms with Gasteiger partial charge in [0.15, 0.2) is 27.8 Å². The molecule has 1 N–H and O–H groups in total. The minimum Gasteiger partial charge on any atom is -0.493 e. The first kappa shape index (κ1) is 33.9. The van der Waals surface area contributed by atoms with Gasteiger partial charge in [-0.2, -0.15) is 0 Å². The third-order valence-electron chi connectivity index (χ3n) is 7.87. The monoisotopic (exact) mass is 715 g/mol. The minimum atomic E-state index is -0.816. The quantitative estimate of drug-likeness (QED) is 0.171. The second kappa shape index (κ2) is 14.6. The molecule has 0 radical (unpaired) electrons. The number of methoxy groups -OCH3 is 3. The number of halogens is 2. The van der Waals surface area contributed by atoms with Crippen LogP contribution in [0.4, 0.5) is 5.69 Å². The fourth-order valence-electron chi connectivity index (χ4n) is 5.52. The molecule has 0 saturated carbocycles. The summed E-state index contributed by atoms with van der Waals surface area (Å²) in [6.07, 6.45) is 1.72. The van der Waals surface area contributed by atoms with Crippen LogP contribution in [-0.2, 0) is 11.4 Å². The molecule has 12 heteroatoms. The molecule has 0 unspecified atom stereocenters. The number of anilines is 1. The van der Waals surface area contributed by atoms with Crippen LogP contribution in [0.5, 0.6) is 23.0 Å². The van der Waals surface area contributed by atoms with Gasteiger partial charge in [-0.05, 0) is 78.2 Å². The van der Waals surface area contributed by atoms with Crippen LogP contribution in [0.1, 0.15) is 29.7 Å². The smallest absolute Gasteiger partial charge is 0.271 e. The highest BCUT2D eigenvalue weighted by Gasteiger charge is 2.33. The molecule has 1 aliphatic rings. The van der Waals surface area contributed by atoms with Gasteiger partial charge in [0.2, 0.25) is 0 Å². The standard InChI is InChI=1S/C37H31Cl2N3O6S/c1-21-32(35(43)41-26-8-6-5-7-9-26)33(24-12-15-28(45-2)29(19-24)46-3)42-36(44)31(49-37(42)40-21)18-23-16-27(39)34(30(17-23)47-4)48-20-22-10-13-25(38)14-11-22/h5-19,33H,20H2,1-4H3,(H,41,43)/b31-18-/t33-/m1/s1. The van der Waals surface area contributed by atoms with Crippen LogP contribution in [-0.4, -0.2) is 31.8 Å². The maximum absolute atomic E-state index is 14.3. The van der Waals surface area contributed by atoms with Gasteiger partial charge < -0.3 is 24.3 Å². The summed E-state index contributed by atoms with van der Waals surface area (Å²) in [7, 11) is 4.60. The molecular weight excluding hydrogens is 685 g/mol. The molecule has 49 heavy (non-hydrogen) atoms. The van der Waals surface area contributed by atoms with Crippen LogP contribution in [0.3, 0.4) is 0 Å². The number of hydrogen-bond acceptors (Lipinski definition) is 8. The van der Waals surface area contributed by atoms with Crippen LogP contribution in [0.15, 0.2) is 106 Å². The Bertz CT molecular complexity index is 2250. The largest absolute Gasteiger partial charge is 0.493 e. The molecule has 0 fully saturated rings. The Morgan fingerprint density at radius 1 is 0.918 bits per heavy atom. The van der Waals surface area contributed by atoms with E-state index in [0.717, 1.165) is 5.56 Å². The Labute approximate surface area is 296 Å². The lowest BCUT2D eigenvalue weighted by Crippen LogP contribution is -2.40. The van der Waals surface area contributed by atoms with Gasteiger partial charge in [0.25, 0.3) is 11.5 Å². The number of allylic oxidation sites excluding steroid dienone is 1. The fraction of sp³-hybridized carbons (Fsp3) is 0.162. The molecule has 1 aliphatic heterocycles. The molecule has 1 aromatic heterocycles. The fourth-order valence-corrected chi connectivity index (χ4v) is 6.97. The van der Waals surface area contributed by atoms with Gasteiger partial charge in [-0.1, -0.05) is 70.9 Å². The molecule has 0 saturated heterocycles. The number of aromatic nitrogens is 1. The summed E-state index contributed by atoms with van der Waals surface area (Å²) in [6.45, 7) is 2.01. The summed E-state index contributed by atoms with van der Waals surface area (Å²) < 4.78 is 24.6. The molecular formula is C37H31Cl2N3O6S. The predicted octanol–water partition coefficient (Wildman–Crippen LogP) is 6.79. The number of rotatable bonds is 10. The zero-order chi connectivity index (χ0) is 34.7. The number of para-hydroxylation sites is 1. The normalized spacial score (nSPS) is 14.2. The van der Waals surface area contributed by atoms with Crippen molar-refractivity contribution in [3.8, 4) is 23.0 Å². The van der Waals surface area contributed by atoms with Crippen molar-refractivity contribution in [1.29, 1.82) is 0 Å². The van der Waals surface area contributed by atoms with E-state index in [2.05, 4.69) is 5.32 Å². The number of carbonyl (C=O) groups is 1. The summed E-state index contributed by atoms with van der Waals surface area (Å²) in [4.78, 5) is 33.4. The molecule has 6 rings (SSSR count). The Balaban J connectivity index is 1.43. The second-order valence-corrected chi connectivity index (χ2v) is 12.8. The van der Waals surface area contributed by atoms with E-state index in [0.29, 0.717) is 70.5 Å². The molecule has 1 amide bonds. The number of ether oxygens (including phenoxy) is 4. The van der Waals surface area contributed by atoms with Crippen LogP contribution in [0, 0.1) is 0 Å². The first-order chi connectivity index (χ1) is 23.7. The van der Waals surface area contributed by atoms with Gasteiger partial charge >= 0.3 is 0 Å². The molecule has 2 heterocycles. The van der Waals surface area contributed by atoms with Crippen molar-refractivity contribution in [2.75, 3.05) is 26.6 Å². The summed E-state index contributed by atoms with van der Waals surface area (Å²) in [6, 6.07) is 24.4. The highest BCUT2D eigenvalue weighted by atomic mass is 35.5. The molecule has 4 aromatic carbocycles. The number of nitrogens with zero attached hydrogens (tertiary/aromatic N) is 2. The van der Waals surface area contributed by atoms with E-state index in [1.165, 1.54) is 30.1 Å². The van der Waals surface area contributed by atoms with E-state index in [1.54, 1.807) is 68.6 Å². The molecule has 250 valence electrons. The highest BCUT2D eigenvalue weighted by Crippen LogP contribution is 2.38. The number of carbonyl (C=O) groups excluding carboxylic acids is 1. The molecule has 0 aliphatic carbocycles. The Morgan fingerprint density at radius 2 is 1.63 bits per heavy atom. The maximum Gasteiger partial charge on any atom is 0.271 e. The predicted molar refractivity (Wildman–Crippen MR) is 192 cm³/mol. The van der Waals surface area contributed by atoms with Gasteiger partial charge in [-0.3, -0.25) is 14.2 Å². The van der Waals surface area contributed by atoms with E-state index >= 15 is 0 Å². The zero-order valence-electron chi connectivity index (χ0n) is 27.0. The lowest BCUT2D eigenvalue weighted by Gasteiger charge is -2.26. The van der Waals surface area contributed by atoms with E-state index < -0.39 is 6.04 Å². The average Bonchev–Trinajstić information content (AvgIpc) is 3.41. The SMILES string of the molecule is COc1ccc([C@@H]2C(C(=O)Nc3ccccc3)=C(C)N=c3s/c(=C\c4cc(Cl)c(OCc5ccc(Cl)cc5)c(OC)c4)c(=O)n32)cc1OC. The van der Waals surface area contributed by atoms with Gasteiger partial charge in [-0.15, -0.1) is 0 Å². The maximum atomic E-state index is 14.3. The minimum absolute atomic E-state index is 0.251. The molecule has 0 spiro atoms. The van der Waals surface area contributed by atoms with E-state index in [9.17, 15) is 9.59 Å². The van der Waals surface area contributed by atoms with Crippen molar-refractivity contribution in [2.45, 2.75) is 19.6 Å². The number of benzene rings is 4. The summed E-state index contributed by atoms with van der Waals surface area (Å²) in [5, 5.41) is 3.90. The van der Waals surface area contributed by atoms with Crippen molar-refractivity contribution >= 4 is 52.2 Å². The first-order valence-corrected chi connectivity index (χ1v) is 16.6. The highest BCUT2D eigenvalue weighted by molar-refractivity contribution is 7.07. The summed E-state index contributed by atoms with van der Waals surface area (Å²) in [5.74, 6) is 1.36. The van der Waals surface area contributed by atoms with Crippen LogP contribution >= 0.6 is 34.5 Å². The number of fused-ring (bicyclic) bond motifs is 1. The van der Waals surface area contributed by atoms with Crippen molar-refractivity contribution in [3.63, 3.8) is 0 Å². The summed E-state index contributed by atoms with van der Waals surface area (Å²) >= 11 is 13.9. The van der Waals surface area contributed by atoms with E-state index in [-0.39, 0.29) is 18.1 Å². The van der Waals surface area contributed by atoms with Gasteiger partial charge in [0.05, 0.1) is 48.2 Å². The van der Waals surface area contributed by atoms with Crippen molar-refractivity contribution < 1.29 is 23.7 Å². The van der Waals surface area contributed by atoms with Gasteiger partial charge in [0, 0.05) is 10.7 Å². The Morgan fingerprint density at radius 3 is 2.33 bits per heavy atom. The molecule has 9 nitrogen and oxygen atoms in total. The van der Waals surface area contributed by atoms with Crippen LogP contribution < -0.4 is 39.2 Å². The number of thiazole rings is 1. The van der Waals surface area contributed by atoms with E-state index in [1.807, 2.05) is 36.4 Å². The third-order valence-corrected chi connectivity index (χ3v) is 9.38. The topological polar surface area (TPSA) is 100 Å². The number of amides is 1. The second-order valence-electron chi connectivity index (χ2n) is 11.0. The molecule has 1 atom stereocenters. The van der Waals surface area contributed by atoms with Gasteiger partial charge in [0.1, 0.15) is 6.61 Å². The van der Waals surface area contributed by atoms with Crippen molar-refractivity contribution in [3.05, 3.63) is 143 Å². The van der Waals surface area contributed by atoms with Crippen LogP contribution in [0.2, 0.25) is 10.0 Å². The first-order valence-electron chi connectivity index (χ1n) is 15.1. The van der Waals surface area contributed by atoms with E-state index in [4.69, 9.17) is 47.1 Å². The van der Waals surface area contributed by atoms with Crippen LogP contribution in [0.25, 0.3) is 6.08 Å². The average molecular weight is 717 g/mol. The third kappa shape index (κ3) is 7.07. The Hall–Kier alpha value is -5.03. The number of hydrogen-bond donors (Lipinski definition) is 1. The van der Waals surface area contributed by atoms with Crippen molar-refractivity contribution in [1.82, 2.24) is 4.57 Å². The lowest BCUT2D eigenvalue weighted by atomic mass is 9.94. The molecule has 0 bridgehead atoms. The summed E-state index contributed by atoms with van der Waals surface area (Å²) in [5.41, 5.74) is 3.25. The van der Waals surface area contributed by atoms with Crippen molar-refractivity contribution in [2.24, 2.45) is 4.99 Å². The molecule has 5 aromatic rings. The Kier molecular flexibility index (Phi) is 10.1.